The minimum atomic E-state index is -0.276. The monoisotopic (exact) mass is 426 g/mol. The van der Waals surface area contributed by atoms with Crippen molar-refractivity contribution < 1.29 is 4.79 Å². The molecule has 130 valence electrons. The number of hydrogen-bond acceptors (Lipinski definition) is 2. The van der Waals surface area contributed by atoms with Crippen LogP contribution in [0, 0.1) is 0 Å². The topological polar surface area (TPSA) is 44.0 Å². The van der Waals surface area contributed by atoms with Crippen LogP contribution in [0.2, 0.25) is 0 Å². The molecule has 2 heterocycles. The Morgan fingerprint density at radius 3 is 2.31 bits per heavy atom. The second-order valence-corrected chi connectivity index (χ2v) is 7.58. The predicted octanol–water partition coefficient (Wildman–Crippen LogP) is 4.53. The van der Waals surface area contributed by atoms with Crippen molar-refractivity contribution >= 4 is 55.6 Å². The Labute approximate surface area is 163 Å². The molecule has 0 amide bonds. The number of thiol groups is 1. The third-order valence-electron chi connectivity index (χ3n) is 4.75. The highest BCUT2D eigenvalue weighted by atomic mass is 79.9. The molecule has 6 heteroatoms. The van der Waals surface area contributed by atoms with E-state index in [-0.39, 0.29) is 10.7 Å². The molecule has 0 bridgehead atoms. The van der Waals surface area contributed by atoms with Crippen molar-refractivity contribution in [3.63, 3.8) is 0 Å². The Kier molecular flexibility index (Phi) is 4.04. The first-order valence-corrected chi connectivity index (χ1v) is 9.24. The van der Waals surface area contributed by atoms with E-state index >= 15 is 0 Å². The summed E-state index contributed by atoms with van der Waals surface area (Å²) in [7, 11) is 3.70. The van der Waals surface area contributed by atoms with E-state index in [9.17, 15) is 9.59 Å². The first-order chi connectivity index (χ1) is 12.4. The zero-order valence-corrected chi connectivity index (χ0v) is 16.6. The maximum Gasteiger partial charge on any atom is 0.259 e. The van der Waals surface area contributed by atoms with E-state index < -0.39 is 0 Å². The van der Waals surface area contributed by atoms with Crippen LogP contribution in [0.25, 0.3) is 33.1 Å². The largest absolute Gasteiger partial charge is 0.330 e. The van der Waals surface area contributed by atoms with Gasteiger partial charge in [-0.15, -0.1) is 12.6 Å². The SMILES string of the molecule is Cn1c(=O)c(-c2ccc(Br)cc2)cc2c3cc(C(=O)S)ccc3n(C)c21. The zero-order chi connectivity index (χ0) is 18.6. The van der Waals surface area contributed by atoms with Crippen LogP contribution in [0.15, 0.2) is 57.8 Å². The van der Waals surface area contributed by atoms with Gasteiger partial charge in [0, 0.05) is 40.5 Å². The molecule has 0 N–H and O–H groups in total. The molecule has 0 radical (unpaired) electrons. The minimum Gasteiger partial charge on any atom is -0.330 e. The number of fused-ring (bicyclic) bond motifs is 3. The van der Waals surface area contributed by atoms with E-state index in [1.54, 1.807) is 17.7 Å². The molecule has 4 aromatic rings. The highest BCUT2D eigenvalue weighted by molar-refractivity contribution is 9.10. The summed E-state index contributed by atoms with van der Waals surface area (Å²) in [4.78, 5) is 24.6. The average molecular weight is 427 g/mol. The molecule has 2 aromatic heterocycles. The van der Waals surface area contributed by atoms with Crippen molar-refractivity contribution in [3.8, 4) is 11.1 Å². The van der Waals surface area contributed by atoms with E-state index in [4.69, 9.17) is 0 Å². The lowest BCUT2D eigenvalue weighted by Gasteiger charge is -2.08. The number of hydrogen-bond donors (Lipinski definition) is 1. The van der Waals surface area contributed by atoms with Gasteiger partial charge >= 0.3 is 0 Å². The van der Waals surface area contributed by atoms with Crippen LogP contribution in [-0.4, -0.2) is 14.2 Å². The summed E-state index contributed by atoms with van der Waals surface area (Å²) in [6.07, 6.45) is 0. The maximum absolute atomic E-state index is 12.9. The first kappa shape index (κ1) is 17.1. The Morgan fingerprint density at radius 1 is 0.962 bits per heavy atom. The molecule has 0 aliphatic carbocycles. The van der Waals surface area contributed by atoms with Crippen LogP contribution >= 0.6 is 28.6 Å². The molecule has 4 rings (SSSR count). The van der Waals surface area contributed by atoms with Crippen molar-refractivity contribution in [1.82, 2.24) is 9.13 Å². The summed E-state index contributed by atoms with van der Waals surface area (Å²) in [5.41, 5.74) is 3.73. The summed E-state index contributed by atoms with van der Waals surface area (Å²) in [5.74, 6) is 0. The smallest absolute Gasteiger partial charge is 0.259 e. The lowest BCUT2D eigenvalue weighted by atomic mass is 10.0. The van der Waals surface area contributed by atoms with Gasteiger partial charge < -0.3 is 4.57 Å². The zero-order valence-electron chi connectivity index (χ0n) is 14.2. The van der Waals surface area contributed by atoms with Gasteiger partial charge in [0.1, 0.15) is 5.65 Å². The Balaban J connectivity index is 2.13. The number of benzene rings is 2. The highest BCUT2D eigenvalue weighted by Gasteiger charge is 2.16. The fraction of sp³-hybridized carbons (Fsp3) is 0.100. The van der Waals surface area contributed by atoms with Crippen LogP contribution in [0.1, 0.15) is 10.4 Å². The van der Waals surface area contributed by atoms with E-state index in [2.05, 4.69) is 28.6 Å². The van der Waals surface area contributed by atoms with Crippen LogP contribution in [-0.2, 0) is 14.1 Å². The Morgan fingerprint density at radius 2 is 1.65 bits per heavy atom. The first-order valence-electron chi connectivity index (χ1n) is 8.00. The van der Waals surface area contributed by atoms with E-state index in [1.807, 2.05) is 54.1 Å². The van der Waals surface area contributed by atoms with E-state index in [0.29, 0.717) is 11.1 Å². The molecule has 0 unspecified atom stereocenters. The highest BCUT2D eigenvalue weighted by Crippen LogP contribution is 2.31. The number of pyridine rings is 1. The fourth-order valence-corrected chi connectivity index (χ4v) is 3.86. The molecule has 0 atom stereocenters. The van der Waals surface area contributed by atoms with Gasteiger partial charge in [-0.3, -0.25) is 14.2 Å². The minimum absolute atomic E-state index is 0.0591. The van der Waals surface area contributed by atoms with Gasteiger partial charge in [-0.05, 0) is 42.0 Å². The van der Waals surface area contributed by atoms with Gasteiger partial charge in [0.05, 0.1) is 5.52 Å². The molecule has 0 fully saturated rings. The Hall–Kier alpha value is -2.31. The third-order valence-corrected chi connectivity index (χ3v) is 5.54. The molecule has 4 nitrogen and oxygen atoms in total. The van der Waals surface area contributed by atoms with Gasteiger partial charge in [0.2, 0.25) is 5.12 Å². The Bertz CT molecular complexity index is 1250. The summed E-state index contributed by atoms with van der Waals surface area (Å²) in [6.45, 7) is 0. The number of nitrogens with zero attached hydrogens (tertiary/aromatic N) is 2. The van der Waals surface area contributed by atoms with Crippen LogP contribution in [0.5, 0.6) is 0 Å². The van der Waals surface area contributed by atoms with Crippen molar-refractivity contribution in [1.29, 1.82) is 0 Å². The molecular formula is C20H15BrN2O2S. The number of carbonyl (C=O) groups is 1. The maximum atomic E-state index is 12.9. The van der Waals surface area contributed by atoms with Gasteiger partial charge in [-0.25, -0.2) is 0 Å². The number of aryl methyl sites for hydroxylation is 2. The molecule has 0 spiro atoms. The van der Waals surface area contributed by atoms with Gasteiger partial charge in [0.25, 0.3) is 5.56 Å². The second kappa shape index (κ2) is 6.14. The number of rotatable bonds is 2. The lowest BCUT2D eigenvalue weighted by molar-refractivity contribution is 0.109. The van der Waals surface area contributed by atoms with Crippen molar-refractivity contribution in [2.75, 3.05) is 0 Å². The van der Waals surface area contributed by atoms with Crippen LogP contribution < -0.4 is 5.56 Å². The van der Waals surface area contributed by atoms with Gasteiger partial charge in [-0.1, -0.05) is 28.1 Å². The van der Waals surface area contributed by atoms with Gasteiger partial charge in [0.15, 0.2) is 0 Å². The molecular weight excluding hydrogens is 412 g/mol. The van der Waals surface area contributed by atoms with Crippen LogP contribution in [0.3, 0.4) is 0 Å². The van der Waals surface area contributed by atoms with E-state index in [0.717, 1.165) is 32.0 Å². The fourth-order valence-electron chi connectivity index (χ4n) is 3.46. The van der Waals surface area contributed by atoms with Gasteiger partial charge in [-0.2, -0.15) is 0 Å². The number of halogens is 1. The average Bonchev–Trinajstić information content (AvgIpc) is 2.91. The normalized spacial score (nSPS) is 11.4. The summed E-state index contributed by atoms with van der Waals surface area (Å²) in [5, 5.41) is 1.58. The lowest BCUT2D eigenvalue weighted by Crippen LogP contribution is -2.20. The standard InChI is InChI=1S/C20H15BrN2O2S/c1-22-17-8-5-12(20(25)26)9-15(17)16-10-14(19(24)23(2)18(16)22)11-3-6-13(21)7-4-11/h3-10H,1-2H3,(H,25,26). The summed E-state index contributed by atoms with van der Waals surface area (Å²) < 4.78 is 4.60. The molecule has 2 aromatic carbocycles. The quantitative estimate of drug-likeness (QED) is 0.478. The van der Waals surface area contributed by atoms with Crippen molar-refractivity contribution in [2.45, 2.75) is 0 Å². The molecule has 0 aliphatic rings. The molecule has 0 aliphatic heterocycles. The molecule has 0 saturated heterocycles. The summed E-state index contributed by atoms with van der Waals surface area (Å²) >= 11 is 7.35. The number of aromatic nitrogens is 2. The number of carbonyl (C=O) groups excluding carboxylic acids is 1. The predicted molar refractivity (Wildman–Crippen MR) is 112 cm³/mol. The van der Waals surface area contributed by atoms with Crippen LogP contribution in [0.4, 0.5) is 0 Å². The second-order valence-electron chi connectivity index (χ2n) is 6.26. The molecule has 26 heavy (non-hydrogen) atoms. The van der Waals surface area contributed by atoms with E-state index in [1.165, 1.54) is 0 Å². The van der Waals surface area contributed by atoms with Crippen molar-refractivity contribution in [2.24, 2.45) is 14.1 Å². The van der Waals surface area contributed by atoms with Crippen molar-refractivity contribution in [3.05, 3.63) is 68.9 Å². The summed E-state index contributed by atoms with van der Waals surface area (Å²) in [6, 6.07) is 15.1. The third kappa shape index (κ3) is 2.52. The molecule has 0 saturated carbocycles.